The Bertz CT molecular complexity index is 1190. The van der Waals surface area contributed by atoms with E-state index in [9.17, 15) is 10.2 Å². The fraction of sp³-hybridized carbons (Fsp3) is 0.333. The number of nitrogens with zero attached hydrogens (tertiary/aromatic N) is 4. The van der Waals surface area contributed by atoms with E-state index >= 15 is 0 Å². The molecule has 0 fully saturated rings. The standard InChI is InChI=1S/C24H28N6O2/c1-14(17-4-6-27-23(12-32)15(17)2)22-10-28-24(30-22)8-20-19(11-31)18(5-7-26-20)16(3)21-9-25-13-29-21/h4-7,9-10,13-14,16,31-32H,8,11-12H2,1-3H3,(H,25,29)(H,28,30). The van der Waals surface area contributed by atoms with Gasteiger partial charge >= 0.3 is 0 Å². The molecule has 0 aliphatic carbocycles. The van der Waals surface area contributed by atoms with Crippen LogP contribution in [0.1, 0.15) is 76.5 Å². The molecule has 4 rings (SSSR count). The van der Waals surface area contributed by atoms with E-state index in [1.807, 2.05) is 25.3 Å². The fourth-order valence-electron chi connectivity index (χ4n) is 4.20. The van der Waals surface area contributed by atoms with Crippen molar-refractivity contribution in [2.75, 3.05) is 0 Å². The van der Waals surface area contributed by atoms with Crippen molar-refractivity contribution in [2.24, 2.45) is 0 Å². The minimum Gasteiger partial charge on any atom is -0.392 e. The Balaban J connectivity index is 1.59. The normalized spacial score (nSPS) is 13.3. The molecular weight excluding hydrogens is 404 g/mol. The van der Waals surface area contributed by atoms with Crippen molar-refractivity contribution >= 4 is 0 Å². The Labute approximate surface area is 186 Å². The molecule has 4 heterocycles. The van der Waals surface area contributed by atoms with Gasteiger partial charge in [0.1, 0.15) is 5.82 Å². The molecule has 8 heteroatoms. The van der Waals surface area contributed by atoms with Gasteiger partial charge in [0, 0.05) is 60.0 Å². The molecule has 4 N–H and O–H groups in total. The third kappa shape index (κ3) is 4.19. The molecule has 0 spiro atoms. The van der Waals surface area contributed by atoms with Crippen LogP contribution in [0.25, 0.3) is 0 Å². The van der Waals surface area contributed by atoms with Crippen molar-refractivity contribution in [1.29, 1.82) is 0 Å². The highest BCUT2D eigenvalue weighted by Gasteiger charge is 2.19. The van der Waals surface area contributed by atoms with Gasteiger partial charge in [-0.2, -0.15) is 0 Å². The summed E-state index contributed by atoms with van der Waals surface area (Å²) in [4.78, 5) is 24.0. The lowest BCUT2D eigenvalue weighted by Crippen LogP contribution is -2.08. The van der Waals surface area contributed by atoms with Gasteiger partial charge in [0.2, 0.25) is 0 Å². The molecule has 0 amide bonds. The Morgan fingerprint density at radius 2 is 1.59 bits per heavy atom. The Morgan fingerprint density at radius 1 is 0.875 bits per heavy atom. The molecule has 0 aliphatic rings. The zero-order chi connectivity index (χ0) is 22.7. The van der Waals surface area contributed by atoms with E-state index in [0.717, 1.165) is 45.2 Å². The number of hydrogen-bond donors (Lipinski definition) is 4. The second kappa shape index (κ2) is 9.42. The summed E-state index contributed by atoms with van der Waals surface area (Å²) in [6.45, 7) is 5.98. The van der Waals surface area contributed by atoms with E-state index in [1.165, 1.54) is 0 Å². The molecule has 0 saturated heterocycles. The zero-order valence-corrected chi connectivity index (χ0v) is 18.5. The van der Waals surface area contributed by atoms with Gasteiger partial charge in [-0.25, -0.2) is 9.97 Å². The lowest BCUT2D eigenvalue weighted by atomic mass is 9.92. The number of nitrogens with one attached hydrogen (secondary N) is 2. The van der Waals surface area contributed by atoms with Gasteiger partial charge in [0.25, 0.3) is 0 Å². The van der Waals surface area contributed by atoms with Crippen LogP contribution in [0.15, 0.2) is 43.2 Å². The first-order valence-electron chi connectivity index (χ1n) is 10.7. The maximum absolute atomic E-state index is 10.1. The van der Waals surface area contributed by atoms with Crippen LogP contribution in [0.2, 0.25) is 0 Å². The fourth-order valence-corrected chi connectivity index (χ4v) is 4.20. The second-order valence-electron chi connectivity index (χ2n) is 8.03. The number of rotatable bonds is 8. The van der Waals surface area contributed by atoms with Gasteiger partial charge in [0.15, 0.2) is 0 Å². The predicted octanol–water partition coefficient (Wildman–Crippen LogP) is 3.11. The van der Waals surface area contributed by atoms with Crippen LogP contribution in [-0.4, -0.2) is 40.1 Å². The molecule has 2 unspecified atom stereocenters. The van der Waals surface area contributed by atoms with Crippen LogP contribution in [0.5, 0.6) is 0 Å². The topological polar surface area (TPSA) is 124 Å². The molecule has 0 bridgehead atoms. The Hall–Kier alpha value is -3.36. The van der Waals surface area contributed by atoms with Crippen LogP contribution < -0.4 is 0 Å². The van der Waals surface area contributed by atoms with Crippen LogP contribution >= 0.6 is 0 Å². The monoisotopic (exact) mass is 432 g/mol. The predicted molar refractivity (Wildman–Crippen MR) is 120 cm³/mol. The second-order valence-corrected chi connectivity index (χ2v) is 8.03. The van der Waals surface area contributed by atoms with Gasteiger partial charge < -0.3 is 20.2 Å². The molecule has 8 nitrogen and oxygen atoms in total. The van der Waals surface area contributed by atoms with Crippen LogP contribution in [0, 0.1) is 6.92 Å². The number of aromatic amines is 2. The first-order valence-corrected chi connectivity index (χ1v) is 10.7. The largest absolute Gasteiger partial charge is 0.392 e. The molecule has 0 radical (unpaired) electrons. The smallest absolute Gasteiger partial charge is 0.112 e. The molecule has 0 aliphatic heterocycles. The van der Waals surface area contributed by atoms with E-state index in [-0.39, 0.29) is 25.0 Å². The van der Waals surface area contributed by atoms with Gasteiger partial charge in [-0.1, -0.05) is 13.8 Å². The summed E-state index contributed by atoms with van der Waals surface area (Å²) >= 11 is 0. The highest BCUT2D eigenvalue weighted by molar-refractivity contribution is 5.38. The summed E-state index contributed by atoms with van der Waals surface area (Å²) in [6.07, 6.45) is 9.30. The van der Waals surface area contributed by atoms with Gasteiger partial charge in [-0.15, -0.1) is 0 Å². The SMILES string of the molecule is Cc1c(C(C)c2cnc(Cc3nccc(C(C)c4cnc[nH]4)c3CO)[nH]2)ccnc1CO. The highest BCUT2D eigenvalue weighted by atomic mass is 16.3. The van der Waals surface area contributed by atoms with E-state index < -0.39 is 0 Å². The van der Waals surface area contributed by atoms with Gasteiger partial charge in [-0.05, 0) is 35.7 Å². The number of pyridine rings is 2. The van der Waals surface area contributed by atoms with Crippen molar-refractivity contribution in [3.05, 3.63) is 94.1 Å². The summed E-state index contributed by atoms with van der Waals surface area (Å²) in [5, 5.41) is 19.6. The maximum atomic E-state index is 10.1. The summed E-state index contributed by atoms with van der Waals surface area (Å²) in [6, 6.07) is 3.92. The third-order valence-corrected chi connectivity index (χ3v) is 6.21. The van der Waals surface area contributed by atoms with E-state index in [2.05, 4.69) is 43.8 Å². The molecule has 2 atom stereocenters. The molecule has 4 aromatic rings. The molecular formula is C24H28N6O2. The number of aliphatic hydroxyl groups excluding tert-OH is 2. The van der Waals surface area contributed by atoms with Gasteiger partial charge in [0.05, 0.1) is 30.9 Å². The number of hydrogen-bond acceptors (Lipinski definition) is 6. The van der Waals surface area contributed by atoms with Crippen molar-refractivity contribution in [1.82, 2.24) is 29.9 Å². The number of imidazole rings is 2. The van der Waals surface area contributed by atoms with E-state index in [4.69, 9.17) is 0 Å². The Kier molecular flexibility index (Phi) is 6.43. The summed E-state index contributed by atoms with van der Waals surface area (Å²) in [5.74, 6) is 0.917. The van der Waals surface area contributed by atoms with Gasteiger partial charge in [-0.3, -0.25) is 9.97 Å². The molecule has 0 saturated carbocycles. The van der Waals surface area contributed by atoms with Crippen LogP contribution in [-0.2, 0) is 19.6 Å². The molecule has 0 aromatic carbocycles. The van der Waals surface area contributed by atoms with Crippen molar-refractivity contribution in [3.8, 4) is 0 Å². The lowest BCUT2D eigenvalue weighted by molar-refractivity contribution is 0.275. The number of aliphatic hydroxyl groups is 2. The van der Waals surface area contributed by atoms with Crippen LogP contribution in [0.3, 0.4) is 0 Å². The highest BCUT2D eigenvalue weighted by Crippen LogP contribution is 2.29. The average Bonchev–Trinajstić information content (AvgIpc) is 3.51. The van der Waals surface area contributed by atoms with E-state index in [0.29, 0.717) is 12.1 Å². The van der Waals surface area contributed by atoms with Crippen molar-refractivity contribution in [2.45, 2.75) is 52.2 Å². The van der Waals surface area contributed by atoms with Crippen molar-refractivity contribution < 1.29 is 10.2 Å². The summed E-state index contributed by atoms with van der Waals surface area (Å²) in [7, 11) is 0. The Morgan fingerprint density at radius 3 is 2.28 bits per heavy atom. The average molecular weight is 433 g/mol. The zero-order valence-electron chi connectivity index (χ0n) is 18.5. The minimum atomic E-state index is -0.0961. The first-order chi connectivity index (χ1) is 15.5. The number of aromatic nitrogens is 6. The first kappa shape index (κ1) is 21.9. The van der Waals surface area contributed by atoms with Crippen molar-refractivity contribution in [3.63, 3.8) is 0 Å². The third-order valence-electron chi connectivity index (χ3n) is 6.21. The summed E-state index contributed by atoms with van der Waals surface area (Å²) in [5.41, 5.74) is 7.38. The minimum absolute atomic E-state index is 0.0592. The van der Waals surface area contributed by atoms with Crippen LogP contribution in [0.4, 0.5) is 0 Å². The maximum Gasteiger partial charge on any atom is 0.112 e. The molecule has 32 heavy (non-hydrogen) atoms. The lowest BCUT2D eigenvalue weighted by Gasteiger charge is -2.17. The number of H-pyrrole nitrogens is 2. The molecule has 4 aromatic heterocycles. The molecule has 166 valence electrons. The quantitative estimate of drug-likeness (QED) is 0.339. The van der Waals surface area contributed by atoms with E-state index in [1.54, 1.807) is 24.9 Å². The summed E-state index contributed by atoms with van der Waals surface area (Å²) < 4.78 is 0.